The summed E-state index contributed by atoms with van der Waals surface area (Å²) in [5.74, 6) is -0.226. The molecule has 0 aliphatic heterocycles. The summed E-state index contributed by atoms with van der Waals surface area (Å²) in [6, 6.07) is 9.58. The lowest BCUT2D eigenvalue weighted by molar-refractivity contribution is 0.0953. The van der Waals surface area contributed by atoms with E-state index < -0.39 is 10.0 Å². The summed E-state index contributed by atoms with van der Waals surface area (Å²) in [6.45, 7) is 2.58. The minimum atomic E-state index is -3.92. The first-order chi connectivity index (χ1) is 11.8. The Labute approximate surface area is 151 Å². The van der Waals surface area contributed by atoms with E-state index in [1.807, 2.05) is 12.1 Å². The van der Waals surface area contributed by atoms with Gasteiger partial charge in [0.2, 0.25) is 0 Å². The highest BCUT2D eigenvalue weighted by molar-refractivity contribution is 7.91. The molecule has 0 saturated heterocycles. The highest BCUT2D eigenvalue weighted by Gasteiger charge is 2.45. The third kappa shape index (κ3) is 3.56. The van der Waals surface area contributed by atoms with Crippen molar-refractivity contribution in [2.45, 2.75) is 29.4 Å². The van der Waals surface area contributed by atoms with Gasteiger partial charge in [0, 0.05) is 18.0 Å². The van der Waals surface area contributed by atoms with E-state index in [0.717, 1.165) is 24.2 Å². The predicted octanol–water partition coefficient (Wildman–Crippen LogP) is 2.17. The number of methoxy groups -OCH3 is 1. The Balaban J connectivity index is 1.76. The first-order valence-corrected chi connectivity index (χ1v) is 10.2. The summed E-state index contributed by atoms with van der Waals surface area (Å²) >= 11 is 0.819. The number of sulfonamides is 1. The molecule has 2 aromatic rings. The molecule has 1 aromatic heterocycles. The van der Waals surface area contributed by atoms with Gasteiger partial charge in [-0.05, 0) is 30.9 Å². The van der Waals surface area contributed by atoms with Crippen LogP contribution < -0.4 is 15.2 Å². The summed E-state index contributed by atoms with van der Waals surface area (Å²) in [6.07, 6.45) is 2.04. The van der Waals surface area contributed by atoms with E-state index in [-0.39, 0.29) is 26.2 Å². The molecule has 25 heavy (non-hydrogen) atoms. The molecular weight excluding hydrogens is 360 g/mol. The maximum atomic E-state index is 12.5. The minimum absolute atomic E-state index is 0.0227. The quantitative estimate of drug-likeness (QED) is 0.802. The van der Waals surface area contributed by atoms with Gasteiger partial charge < -0.3 is 10.1 Å². The fourth-order valence-electron chi connectivity index (χ4n) is 3.01. The fraction of sp³-hybridized carbons (Fsp3) is 0.353. The zero-order valence-electron chi connectivity index (χ0n) is 14.0. The summed E-state index contributed by atoms with van der Waals surface area (Å²) in [4.78, 5) is 12.7. The van der Waals surface area contributed by atoms with Gasteiger partial charge in [0.1, 0.15) is 0 Å². The van der Waals surface area contributed by atoms with E-state index in [0.29, 0.717) is 6.54 Å². The summed E-state index contributed by atoms with van der Waals surface area (Å²) in [5.41, 5.74) is 2.44. The van der Waals surface area contributed by atoms with Crippen molar-refractivity contribution in [1.29, 1.82) is 0 Å². The number of aryl methyl sites for hydroxylation is 1. The van der Waals surface area contributed by atoms with Crippen LogP contribution in [0.3, 0.4) is 0 Å². The zero-order chi connectivity index (χ0) is 18.2. The molecule has 1 aliphatic rings. The number of carbonyl (C=O) groups is 1. The summed E-state index contributed by atoms with van der Waals surface area (Å²) < 4.78 is 28.0. The van der Waals surface area contributed by atoms with Gasteiger partial charge in [-0.3, -0.25) is 4.79 Å². The lowest BCUT2D eigenvalue weighted by Crippen LogP contribution is -2.32. The molecule has 1 amide bonds. The van der Waals surface area contributed by atoms with Crippen molar-refractivity contribution < 1.29 is 17.9 Å². The average molecular weight is 380 g/mol. The molecular formula is C17H20N2O4S2. The Morgan fingerprint density at radius 1 is 1.36 bits per heavy atom. The maximum absolute atomic E-state index is 12.5. The first kappa shape index (κ1) is 17.9. The van der Waals surface area contributed by atoms with Crippen molar-refractivity contribution in [3.8, 4) is 5.75 Å². The molecule has 3 N–H and O–H groups in total. The first-order valence-electron chi connectivity index (χ1n) is 7.82. The maximum Gasteiger partial charge on any atom is 0.261 e. The molecule has 6 nitrogen and oxygen atoms in total. The Hall–Kier alpha value is -1.90. The number of ether oxygens (including phenoxy) is 1. The topological polar surface area (TPSA) is 98.5 Å². The number of nitrogens with one attached hydrogen (secondary N) is 1. The number of hydrogen-bond donors (Lipinski definition) is 2. The Morgan fingerprint density at radius 2 is 2.04 bits per heavy atom. The van der Waals surface area contributed by atoms with Gasteiger partial charge >= 0.3 is 0 Å². The second-order valence-electron chi connectivity index (χ2n) is 6.29. The van der Waals surface area contributed by atoms with Crippen LogP contribution in [0.4, 0.5) is 0 Å². The molecule has 0 unspecified atom stereocenters. The number of carbonyl (C=O) groups excluding carboxylic acids is 1. The third-order valence-electron chi connectivity index (χ3n) is 4.53. The monoisotopic (exact) mass is 380 g/mol. The van der Waals surface area contributed by atoms with E-state index in [4.69, 9.17) is 9.88 Å². The van der Waals surface area contributed by atoms with Crippen molar-refractivity contribution in [2.24, 2.45) is 5.14 Å². The molecule has 0 spiro atoms. The van der Waals surface area contributed by atoms with Crippen molar-refractivity contribution in [1.82, 2.24) is 5.32 Å². The molecule has 0 atom stereocenters. The lowest BCUT2D eigenvalue weighted by atomic mass is 9.92. The summed E-state index contributed by atoms with van der Waals surface area (Å²) in [5, 5.41) is 8.09. The molecule has 0 bridgehead atoms. The van der Waals surface area contributed by atoms with Crippen molar-refractivity contribution in [2.75, 3.05) is 13.7 Å². The Morgan fingerprint density at radius 3 is 2.56 bits per heavy atom. The Kier molecular flexibility index (Phi) is 4.61. The van der Waals surface area contributed by atoms with Crippen LogP contribution in [0, 0.1) is 6.92 Å². The van der Waals surface area contributed by atoms with E-state index in [1.54, 1.807) is 0 Å². The molecule has 1 fully saturated rings. The van der Waals surface area contributed by atoms with E-state index in [2.05, 4.69) is 24.4 Å². The number of amides is 1. The van der Waals surface area contributed by atoms with E-state index in [1.165, 1.54) is 24.3 Å². The van der Waals surface area contributed by atoms with Gasteiger partial charge in [-0.25, -0.2) is 13.6 Å². The van der Waals surface area contributed by atoms with Gasteiger partial charge in [-0.2, -0.15) is 0 Å². The molecule has 8 heteroatoms. The standard InChI is InChI=1S/C17H20N2O4S2/c1-11-5-3-4-6-12(11)17(7-8-17)10-19-15(20)14-9-13(23-2)16(24-14)25(18,21)22/h3-6,9H,7-8,10H2,1-2H3,(H,19,20)(H2,18,21,22). The van der Waals surface area contributed by atoms with Crippen LogP contribution in [0.1, 0.15) is 33.6 Å². The lowest BCUT2D eigenvalue weighted by Gasteiger charge is -2.18. The zero-order valence-corrected chi connectivity index (χ0v) is 15.7. The molecule has 1 aromatic carbocycles. The molecule has 0 radical (unpaired) electrons. The van der Waals surface area contributed by atoms with Crippen LogP contribution in [0.15, 0.2) is 34.5 Å². The summed E-state index contributed by atoms with van der Waals surface area (Å²) in [7, 11) is -2.58. The largest absolute Gasteiger partial charge is 0.494 e. The SMILES string of the molecule is COc1cc(C(=O)NCC2(c3ccccc3C)CC2)sc1S(N)(=O)=O. The van der Waals surface area contributed by atoms with Crippen LogP contribution in [0.25, 0.3) is 0 Å². The van der Waals surface area contributed by atoms with Crippen LogP contribution in [0.5, 0.6) is 5.75 Å². The Bertz CT molecular complexity index is 914. The van der Waals surface area contributed by atoms with Gasteiger partial charge in [0.05, 0.1) is 12.0 Å². The number of benzene rings is 1. The highest BCUT2D eigenvalue weighted by Crippen LogP contribution is 2.48. The van der Waals surface area contributed by atoms with Crippen molar-refractivity contribution >= 4 is 27.3 Å². The fourth-order valence-corrected chi connectivity index (χ4v) is 4.94. The minimum Gasteiger partial charge on any atom is -0.494 e. The van der Waals surface area contributed by atoms with Gasteiger partial charge in [-0.1, -0.05) is 24.3 Å². The molecule has 3 rings (SSSR count). The average Bonchev–Trinajstić information content (AvgIpc) is 3.20. The van der Waals surface area contributed by atoms with Crippen molar-refractivity contribution in [3.63, 3.8) is 0 Å². The molecule has 1 saturated carbocycles. The number of rotatable bonds is 6. The number of thiophene rings is 1. The van der Waals surface area contributed by atoms with E-state index >= 15 is 0 Å². The van der Waals surface area contributed by atoms with Crippen LogP contribution in [-0.2, 0) is 15.4 Å². The third-order valence-corrected chi connectivity index (χ3v) is 7.10. The normalized spacial score (nSPS) is 15.6. The number of hydrogen-bond acceptors (Lipinski definition) is 5. The van der Waals surface area contributed by atoms with Gasteiger partial charge in [-0.15, -0.1) is 11.3 Å². The molecule has 1 heterocycles. The van der Waals surface area contributed by atoms with Crippen molar-refractivity contribution in [3.05, 3.63) is 46.3 Å². The molecule has 1 aliphatic carbocycles. The number of nitrogens with two attached hydrogens (primary N) is 1. The smallest absolute Gasteiger partial charge is 0.261 e. The molecule has 134 valence electrons. The van der Waals surface area contributed by atoms with Crippen LogP contribution in [-0.4, -0.2) is 28.0 Å². The van der Waals surface area contributed by atoms with Gasteiger partial charge in [0.25, 0.3) is 15.9 Å². The van der Waals surface area contributed by atoms with Crippen LogP contribution in [0.2, 0.25) is 0 Å². The second kappa shape index (κ2) is 6.44. The van der Waals surface area contributed by atoms with Crippen LogP contribution >= 0.6 is 11.3 Å². The number of primary sulfonamides is 1. The predicted molar refractivity (Wildman–Crippen MR) is 96.7 cm³/mol. The van der Waals surface area contributed by atoms with E-state index in [9.17, 15) is 13.2 Å². The highest BCUT2D eigenvalue weighted by atomic mass is 32.2. The second-order valence-corrected chi connectivity index (χ2v) is 9.10. The van der Waals surface area contributed by atoms with Gasteiger partial charge in [0.15, 0.2) is 9.96 Å².